The lowest BCUT2D eigenvalue weighted by atomic mass is 9.98. The van der Waals surface area contributed by atoms with Crippen LogP contribution in [-0.2, 0) is 10.0 Å². The minimum absolute atomic E-state index is 0.0782. The highest BCUT2D eigenvalue weighted by Crippen LogP contribution is 2.33. The largest absolute Gasteiger partial charge is 0.352 e. The van der Waals surface area contributed by atoms with Gasteiger partial charge in [-0.15, -0.1) is 0 Å². The van der Waals surface area contributed by atoms with Gasteiger partial charge in [-0.2, -0.15) is 0 Å². The summed E-state index contributed by atoms with van der Waals surface area (Å²) in [4.78, 5) is 12.1. The lowest BCUT2D eigenvalue weighted by molar-refractivity contribution is 0.0941. The number of nitrogens with zero attached hydrogens (tertiary/aromatic N) is 1. The van der Waals surface area contributed by atoms with Crippen LogP contribution in [0.1, 0.15) is 36.0 Å². The van der Waals surface area contributed by atoms with Crippen molar-refractivity contribution in [3.8, 4) is 0 Å². The van der Waals surface area contributed by atoms with Gasteiger partial charge in [-0.25, -0.2) is 12.7 Å². The van der Waals surface area contributed by atoms with Gasteiger partial charge in [-0.1, -0.05) is 15.9 Å². The summed E-state index contributed by atoms with van der Waals surface area (Å²) in [5, 5.41) is 2.83. The first-order valence-corrected chi connectivity index (χ1v) is 10.3. The summed E-state index contributed by atoms with van der Waals surface area (Å²) < 4.78 is 27.0. The third-order valence-corrected chi connectivity index (χ3v) is 7.46. The van der Waals surface area contributed by atoms with E-state index >= 15 is 0 Å². The Morgan fingerprint density at radius 2 is 1.74 bits per heavy atom. The summed E-state index contributed by atoms with van der Waals surface area (Å²) in [6, 6.07) is 7.25. The fraction of sp³-hybridized carbons (Fsp3) is 0.562. The smallest absolute Gasteiger partial charge is 0.251 e. The van der Waals surface area contributed by atoms with E-state index in [1.165, 1.54) is 0 Å². The zero-order valence-corrected chi connectivity index (χ0v) is 15.3. The fourth-order valence-corrected chi connectivity index (χ4v) is 5.02. The van der Waals surface area contributed by atoms with Crippen molar-refractivity contribution in [3.63, 3.8) is 0 Å². The van der Waals surface area contributed by atoms with Crippen molar-refractivity contribution in [1.82, 2.24) is 9.62 Å². The molecule has 0 unspecified atom stereocenters. The number of nitrogens with one attached hydrogen (secondary N) is 1. The van der Waals surface area contributed by atoms with Crippen molar-refractivity contribution in [2.45, 2.75) is 30.9 Å². The fourth-order valence-electron chi connectivity index (χ4n) is 2.88. The summed E-state index contributed by atoms with van der Waals surface area (Å²) in [6.07, 6.45) is 3.25. The predicted octanol–water partition coefficient (Wildman–Crippen LogP) is 2.38. The maximum absolute atomic E-state index is 12.2. The molecule has 7 heteroatoms. The molecule has 2 fully saturated rings. The molecular formula is C16H21BrN2O3S. The van der Waals surface area contributed by atoms with Gasteiger partial charge in [-0.3, -0.25) is 4.79 Å². The van der Waals surface area contributed by atoms with E-state index in [0.717, 1.165) is 30.2 Å². The number of carbonyl (C=O) groups excluding carboxylic acids is 1. The van der Waals surface area contributed by atoms with Crippen LogP contribution in [0.5, 0.6) is 0 Å². The summed E-state index contributed by atoms with van der Waals surface area (Å²) in [5.41, 5.74) is 0.641. The number of hydrogen-bond donors (Lipinski definition) is 1. The molecule has 1 aliphatic carbocycles. The minimum atomic E-state index is -3.05. The quantitative estimate of drug-likeness (QED) is 0.824. The molecule has 1 saturated heterocycles. The Balaban J connectivity index is 1.45. The molecule has 2 aliphatic rings. The second-order valence-electron chi connectivity index (χ2n) is 6.30. The number of halogens is 1. The first-order valence-electron chi connectivity index (χ1n) is 7.99. The Hall–Kier alpha value is -0.920. The average Bonchev–Trinajstić information content (AvgIpc) is 3.39. The van der Waals surface area contributed by atoms with E-state index < -0.39 is 10.0 Å². The second kappa shape index (κ2) is 6.91. The summed E-state index contributed by atoms with van der Waals surface area (Å²) >= 11 is 3.35. The molecular weight excluding hydrogens is 380 g/mol. The third-order valence-electron chi connectivity index (χ3n) is 4.54. The molecule has 23 heavy (non-hydrogen) atoms. The Morgan fingerprint density at radius 1 is 1.13 bits per heavy atom. The minimum Gasteiger partial charge on any atom is -0.352 e. The second-order valence-corrected chi connectivity index (χ2v) is 9.43. The van der Waals surface area contributed by atoms with E-state index in [4.69, 9.17) is 0 Å². The van der Waals surface area contributed by atoms with Gasteiger partial charge in [0.1, 0.15) is 0 Å². The van der Waals surface area contributed by atoms with Crippen LogP contribution in [0, 0.1) is 5.92 Å². The maximum atomic E-state index is 12.2. The topological polar surface area (TPSA) is 66.5 Å². The van der Waals surface area contributed by atoms with Crippen molar-refractivity contribution < 1.29 is 13.2 Å². The Bertz CT molecular complexity index is 663. The molecule has 1 heterocycles. The van der Waals surface area contributed by atoms with Crippen molar-refractivity contribution in [1.29, 1.82) is 0 Å². The number of amides is 1. The van der Waals surface area contributed by atoms with Crippen LogP contribution >= 0.6 is 15.9 Å². The highest BCUT2D eigenvalue weighted by Gasteiger charge is 2.41. The van der Waals surface area contributed by atoms with Crippen molar-refractivity contribution in [2.75, 3.05) is 19.6 Å². The number of hydrogen-bond acceptors (Lipinski definition) is 3. The lowest BCUT2D eigenvalue weighted by Gasteiger charge is -2.31. The van der Waals surface area contributed by atoms with Gasteiger partial charge in [0.2, 0.25) is 10.0 Å². The van der Waals surface area contributed by atoms with Crippen LogP contribution in [-0.4, -0.2) is 43.5 Å². The van der Waals surface area contributed by atoms with Crippen LogP contribution < -0.4 is 5.32 Å². The SMILES string of the molecule is O=C(NCC1CCN(S(=O)(=O)C2CC2)CC1)c1ccc(Br)cc1. The van der Waals surface area contributed by atoms with Crippen LogP contribution in [0.4, 0.5) is 0 Å². The average molecular weight is 401 g/mol. The molecule has 0 radical (unpaired) electrons. The zero-order valence-electron chi connectivity index (χ0n) is 12.9. The molecule has 0 aromatic heterocycles. The van der Waals surface area contributed by atoms with Gasteiger partial charge in [-0.05, 0) is 55.9 Å². The predicted molar refractivity (Wildman–Crippen MR) is 92.7 cm³/mol. The van der Waals surface area contributed by atoms with Crippen LogP contribution in [0.15, 0.2) is 28.7 Å². The molecule has 126 valence electrons. The normalized spacial score (nSPS) is 20.4. The zero-order chi connectivity index (χ0) is 16.4. The highest BCUT2D eigenvalue weighted by molar-refractivity contribution is 9.10. The van der Waals surface area contributed by atoms with Gasteiger partial charge >= 0.3 is 0 Å². The van der Waals surface area contributed by atoms with Crippen LogP contribution in [0.2, 0.25) is 0 Å². The van der Waals surface area contributed by atoms with Gasteiger partial charge in [0.05, 0.1) is 5.25 Å². The number of piperidine rings is 1. The van der Waals surface area contributed by atoms with Crippen molar-refractivity contribution in [3.05, 3.63) is 34.3 Å². The molecule has 1 aliphatic heterocycles. The van der Waals surface area contributed by atoms with Gasteiger partial charge < -0.3 is 5.32 Å². The molecule has 1 N–H and O–H groups in total. The number of carbonyl (C=O) groups is 1. The van der Waals surface area contributed by atoms with Gasteiger partial charge in [0, 0.05) is 29.7 Å². The van der Waals surface area contributed by atoms with E-state index in [1.54, 1.807) is 16.4 Å². The van der Waals surface area contributed by atoms with Gasteiger partial charge in [0.25, 0.3) is 5.91 Å². The van der Waals surface area contributed by atoms with E-state index in [2.05, 4.69) is 21.2 Å². The highest BCUT2D eigenvalue weighted by atomic mass is 79.9. The number of sulfonamides is 1. The molecule has 0 atom stereocenters. The van der Waals surface area contributed by atoms with E-state index in [9.17, 15) is 13.2 Å². The third kappa shape index (κ3) is 4.14. The van der Waals surface area contributed by atoms with Crippen molar-refractivity contribution >= 4 is 31.9 Å². The molecule has 1 aromatic carbocycles. The number of rotatable bonds is 5. The molecule has 1 saturated carbocycles. The summed E-state index contributed by atoms with van der Waals surface area (Å²) in [6.45, 7) is 1.77. The first kappa shape index (κ1) is 16.9. The molecule has 1 aromatic rings. The van der Waals surface area contributed by atoms with E-state index in [-0.39, 0.29) is 11.2 Å². The molecule has 3 rings (SSSR count). The van der Waals surface area contributed by atoms with Gasteiger partial charge in [0.15, 0.2) is 0 Å². The summed E-state index contributed by atoms with van der Waals surface area (Å²) in [7, 11) is -3.05. The Morgan fingerprint density at radius 3 is 2.30 bits per heavy atom. The monoisotopic (exact) mass is 400 g/mol. The van der Waals surface area contributed by atoms with Crippen molar-refractivity contribution in [2.24, 2.45) is 5.92 Å². The lowest BCUT2D eigenvalue weighted by Crippen LogP contribution is -2.42. The Kier molecular flexibility index (Phi) is 5.08. The Labute approximate surface area is 145 Å². The number of benzene rings is 1. The molecule has 1 amide bonds. The maximum Gasteiger partial charge on any atom is 0.251 e. The van der Waals surface area contributed by atoms with Crippen LogP contribution in [0.3, 0.4) is 0 Å². The standard InChI is InChI=1S/C16H21BrN2O3S/c17-14-3-1-13(2-4-14)16(20)18-11-12-7-9-19(10-8-12)23(21,22)15-5-6-15/h1-4,12,15H,5-11H2,(H,18,20). The molecule has 0 spiro atoms. The molecule has 5 nitrogen and oxygen atoms in total. The summed E-state index contributed by atoms with van der Waals surface area (Å²) in [5.74, 6) is 0.269. The van der Waals surface area contributed by atoms with E-state index in [1.807, 2.05) is 12.1 Å². The first-order chi connectivity index (χ1) is 11.0. The van der Waals surface area contributed by atoms with E-state index in [0.29, 0.717) is 31.1 Å². The molecule has 0 bridgehead atoms. The van der Waals surface area contributed by atoms with Crippen LogP contribution in [0.25, 0.3) is 0 Å².